The Labute approximate surface area is 577 Å². The van der Waals surface area contributed by atoms with Crippen LogP contribution in [-0.2, 0) is 133 Å². The Morgan fingerprint density at radius 1 is 0.283 bits per heavy atom. The number of nitrogens with zero attached hydrogens (tertiary/aromatic N) is 1. The molecule has 0 spiro atoms. The third kappa shape index (κ3) is 58.9. The Hall–Kier alpha value is -4.20. The predicted octanol–water partition coefficient (Wildman–Crippen LogP) is 1.37. The van der Waals surface area contributed by atoms with Crippen LogP contribution in [0.4, 0.5) is 17.6 Å². The molecule has 31 nitrogen and oxygen atoms in total. The number of hydrogen-bond acceptors (Lipinski definition) is 29. The van der Waals surface area contributed by atoms with Crippen molar-refractivity contribution in [2.24, 2.45) is 0 Å². The molecule has 35 heteroatoms. The summed E-state index contributed by atoms with van der Waals surface area (Å²) < 4.78 is 189. The van der Waals surface area contributed by atoms with E-state index in [1.54, 1.807) is 0 Å². The third-order valence-corrected chi connectivity index (χ3v) is 12.3. The highest BCUT2D eigenvalue weighted by atomic mass is 19.2. The zero-order valence-electron chi connectivity index (χ0n) is 57.3. The summed E-state index contributed by atoms with van der Waals surface area (Å²) in [4.78, 5) is 47.6. The molecule has 1 aliphatic rings. The maximum Gasteiger partial charge on any atom is 0.313 e. The van der Waals surface area contributed by atoms with Gasteiger partial charge in [0.15, 0.2) is 11.6 Å². The van der Waals surface area contributed by atoms with E-state index in [2.05, 4.69) is 10.1 Å². The van der Waals surface area contributed by atoms with Crippen LogP contribution in [0.25, 0.3) is 0 Å². The minimum Gasteiger partial charge on any atom is -0.420 e. The molecule has 1 aromatic rings. The summed E-state index contributed by atoms with van der Waals surface area (Å²) in [6.45, 7) is 20.0. The second-order valence-electron chi connectivity index (χ2n) is 20.0. The highest BCUT2D eigenvalue weighted by Gasteiger charge is 2.24. The second kappa shape index (κ2) is 70.8. The average molecular weight is 1450 g/mol. The minimum atomic E-state index is -1.80. The number of benzene rings is 1. The number of carbonyl (C=O) groups excluding carboxylic acids is 4. The minimum absolute atomic E-state index is 0.0148. The smallest absolute Gasteiger partial charge is 0.313 e. The summed E-state index contributed by atoms with van der Waals surface area (Å²) in [5.74, 6) is -10.6. The molecule has 1 heterocycles. The maximum atomic E-state index is 13.6. The summed E-state index contributed by atoms with van der Waals surface area (Å²) >= 11 is 0. The van der Waals surface area contributed by atoms with E-state index in [9.17, 15) is 36.7 Å². The molecule has 1 aromatic carbocycles. The van der Waals surface area contributed by atoms with Crippen LogP contribution < -0.4 is 10.1 Å². The molecule has 0 bridgehead atoms. The molecule has 1 aliphatic heterocycles. The van der Waals surface area contributed by atoms with Crippen LogP contribution in [0.3, 0.4) is 0 Å². The number of hydrogen-bond donors (Lipinski definition) is 1. The van der Waals surface area contributed by atoms with Gasteiger partial charge < -0.3 is 124 Å². The monoisotopic (exact) mass is 1440 g/mol. The molecule has 3 amide bonds. The average Bonchev–Trinajstić information content (AvgIpc) is 1.39. The zero-order chi connectivity index (χ0) is 71.0. The number of esters is 1. The first-order chi connectivity index (χ1) is 48.7. The Morgan fingerprint density at radius 2 is 0.475 bits per heavy atom. The van der Waals surface area contributed by atoms with E-state index in [4.69, 9.17) is 114 Å². The lowest BCUT2D eigenvalue weighted by atomic mass is 10.3. The second-order valence-corrected chi connectivity index (χ2v) is 20.0. The van der Waals surface area contributed by atoms with Gasteiger partial charge in [-0.25, -0.2) is 8.78 Å². The maximum absolute atomic E-state index is 13.6. The van der Waals surface area contributed by atoms with Gasteiger partial charge in [0.1, 0.15) is 0 Å². The van der Waals surface area contributed by atoms with Crippen molar-refractivity contribution in [1.82, 2.24) is 10.2 Å². The number of imide groups is 1. The molecule has 0 radical (unpaired) electrons. The SMILES string of the molecule is O=C(CCN1C(=O)C=CC1=O)NCCOCCOCCOCCOCCOCCOCCOCCOCCOCCOCCOCCOCCOCCOCCOCCOCCOCCOCCOCCOCCOCCOCCOCCOCCC(=O)Oc1c(F)c(F)cc(F)c1F. The fourth-order valence-electron chi connectivity index (χ4n) is 7.34. The fourth-order valence-corrected chi connectivity index (χ4v) is 7.34. The Bertz CT molecular complexity index is 2040. The van der Waals surface area contributed by atoms with Crippen molar-refractivity contribution in [3.05, 3.63) is 41.5 Å². The van der Waals surface area contributed by atoms with Gasteiger partial charge in [0.2, 0.25) is 23.3 Å². The van der Waals surface area contributed by atoms with Crippen LogP contribution in [0.15, 0.2) is 18.2 Å². The van der Waals surface area contributed by atoms with Gasteiger partial charge in [-0.2, -0.15) is 8.78 Å². The van der Waals surface area contributed by atoms with E-state index < -0.39 is 53.2 Å². The number of carbonyl (C=O) groups is 4. The van der Waals surface area contributed by atoms with Crippen molar-refractivity contribution in [1.29, 1.82) is 0 Å². The summed E-state index contributed by atoms with van der Waals surface area (Å²) in [6, 6.07) is 0.0148. The van der Waals surface area contributed by atoms with Gasteiger partial charge in [-0.15, -0.1) is 0 Å². The molecule has 0 saturated heterocycles. The number of ether oxygens (including phenoxy) is 25. The van der Waals surface area contributed by atoms with E-state index in [-0.39, 0.29) is 51.4 Å². The van der Waals surface area contributed by atoms with Crippen LogP contribution >= 0.6 is 0 Å². The molecule has 99 heavy (non-hydrogen) atoms. The number of nitrogens with one attached hydrogen (secondary N) is 1. The summed E-state index contributed by atoms with van der Waals surface area (Å²) in [5.41, 5.74) is 0. The van der Waals surface area contributed by atoms with Gasteiger partial charge in [0.25, 0.3) is 11.8 Å². The van der Waals surface area contributed by atoms with E-state index in [1.165, 1.54) is 12.2 Å². The van der Waals surface area contributed by atoms with E-state index in [0.717, 1.165) is 4.90 Å². The van der Waals surface area contributed by atoms with Crippen LogP contribution in [-0.4, -0.2) is 359 Å². The standard InChI is InChI=1S/C64H108F4N2O29/c65-56-55-57(66)63(68)64(62(56)67)99-61(74)4-7-75-9-11-77-13-15-79-17-19-81-21-23-83-25-27-85-29-31-87-33-35-89-37-39-91-41-43-93-45-47-95-49-51-97-53-54-98-52-50-96-48-46-94-44-42-92-40-38-90-36-34-88-32-30-86-28-26-84-24-22-82-20-18-80-16-14-78-12-10-76-8-5-69-58(71)3-6-70-59(72)1-2-60(70)73/h1-2,55H,3-54H2,(H,69,71). The molecular formula is C64H108F4N2O29. The fraction of sp³-hybridized carbons (Fsp3) is 0.812. The quantitative estimate of drug-likeness (QED) is 0.0240. The molecular weight excluding hydrogens is 1340 g/mol. The highest BCUT2D eigenvalue weighted by molar-refractivity contribution is 6.13. The van der Waals surface area contributed by atoms with E-state index >= 15 is 0 Å². The zero-order valence-corrected chi connectivity index (χ0v) is 57.3. The van der Waals surface area contributed by atoms with Gasteiger partial charge in [-0.05, 0) is 0 Å². The first-order valence-corrected chi connectivity index (χ1v) is 33.4. The van der Waals surface area contributed by atoms with E-state index in [1.807, 2.05) is 0 Å². The first kappa shape index (κ1) is 90.9. The lowest BCUT2D eigenvalue weighted by Gasteiger charge is -2.13. The Morgan fingerprint density at radius 3 is 0.687 bits per heavy atom. The van der Waals surface area contributed by atoms with Crippen LogP contribution in [0.1, 0.15) is 12.8 Å². The van der Waals surface area contributed by atoms with Gasteiger partial charge in [0.05, 0.1) is 324 Å². The summed E-state index contributed by atoms with van der Waals surface area (Å²) in [6.07, 6.45) is 2.01. The van der Waals surface area contributed by atoms with Gasteiger partial charge >= 0.3 is 5.97 Å². The van der Waals surface area contributed by atoms with Gasteiger partial charge in [-0.3, -0.25) is 24.1 Å². The molecule has 1 N–H and O–H groups in total. The summed E-state index contributed by atoms with van der Waals surface area (Å²) in [5, 5.41) is 2.68. The van der Waals surface area contributed by atoms with Crippen molar-refractivity contribution < 1.29 is 155 Å². The largest absolute Gasteiger partial charge is 0.420 e. The van der Waals surface area contributed by atoms with Crippen LogP contribution in [0.2, 0.25) is 0 Å². The van der Waals surface area contributed by atoms with Crippen molar-refractivity contribution in [2.75, 3.05) is 330 Å². The lowest BCUT2D eigenvalue weighted by molar-refractivity contribution is -0.138. The predicted molar refractivity (Wildman–Crippen MR) is 340 cm³/mol. The Balaban J connectivity index is 1.10. The highest BCUT2D eigenvalue weighted by Crippen LogP contribution is 2.26. The van der Waals surface area contributed by atoms with Gasteiger partial charge in [-0.1, -0.05) is 0 Å². The molecule has 2 rings (SSSR count). The number of amides is 3. The summed E-state index contributed by atoms with van der Waals surface area (Å²) in [7, 11) is 0. The van der Waals surface area contributed by atoms with E-state index in [0.29, 0.717) is 297 Å². The third-order valence-electron chi connectivity index (χ3n) is 12.3. The topological polar surface area (TPSA) is 314 Å². The van der Waals surface area contributed by atoms with Crippen LogP contribution in [0, 0.1) is 23.3 Å². The molecule has 0 atom stereocenters. The molecule has 0 unspecified atom stereocenters. The number of halogens is 4. The van der Waals surface area contributed by atoms with Crippen molar-refractivity contribution in [3.63, 3.8) is 0 Å². The molecule has 576 valence electrons. The first-order valence-electron chi connectivity index (χ1n) is 33.4. The normalized spacial score (nSPS) is 12.3. The lowest BCUT2D eigenvalue weighted by Crippen LogP contribution is -2.35. The van der Waals surface area contributed by atoms with Crippen molar-refractivity contribution in [3.8, 4) is 5.75 Å². The Kier molecular flexibility index (Phi) is 65.0. The molecule has 0 saturated carbocycles. The van der Waals surface area contributed by atoms with Crippen molar-refractivity contribution >= 4 is 23.7 Å². The molecule has 0 aromatic heterocycles. The van der Waals surface area contributed by atoms with Crippen molar-refractivity contribution in [2.45, 2.75) is 12.8 Å². The molecule has 0 fully saturated rings. The van der Waals surface area contributed by atoms with Crippen LogP contribution in [0.5, 0.6) is 5.75 Å². The number of rotatable bonds is 79. The van der Waals surface area contributed by atoms with Gasteiger partial charge in [0, 0.05) is 37.7 Å². The molecule has 0 aliphatic carbocycles.